The number of phosphoric ester groups is 1. The highest BCUT2D eigenvalue weighted by atomic mass is 31.2. The second-order valence-electron chi connectivity index (χ2n) is 23.2. The molecular formula is C75H125N2O7P. The van der Waals surface area contributed by atoms with Crippen molar-refractivity contribution in [3.8, 4) is 0 Å². The molecule has 0 bridgehead atoms. The van der Waals surface area contributed by atoms with Crippen LogP contribution in [-0.2, 0) is 27.9 Å². The van der Waals surface area contributed by atoms with E-state index in [4.69, 9.17) is 13.8 Å². The highest BCUT2D eigenvalue weighted by molar-refractivity contribution is 7.45. The lowest BCUT2D eigenvalue weighted by molar-refractivity contribution is -0.870. The van der Waals surface area contributed by atoms with Gasteiger partial charge >= 0.3 is 5.97 Å². The number of likely N-dealkylation sites (N-methyl/N-ethyl adjacent to an activating group) is 1. The van der Waals surface area contributed by atoms with Crippen molar-refractivity contribution in [2.75, 3.05) is 40.9 Å². The predicted molar refractivity (Wildman–Crippen MR) is 366 cm³/mol. The van der Waals surface area contributed by atoms with E-state index in [0.717, 1.165) is 148 Å². The zero-order valence-corrected chi connectivity index (χ0v) is 55.9. The van der Waals surface area contributed by atoms with Crippen LogP contribution >= 0.6 is 7.82 Å². The molecule has 85 heavy (non-hydrogen) atoms. The van der Waals surface area contributed by atoms with Crippen LogP contribution in [0, 0.1) is 0 Å². The van der Waals surface area contributed by atoms with E-state index in [9.17, 15) is 19.0 Å². The largest absolute Gasteiger partial charge is 0.756 e. The second kappa shape index (κ2) is 62.7. The van der Waals surface area contributed by atoms with Crippen LogP contribution in [0.3, 0.4) is 0 Å². The number of nitrogens with zero attached hydrogens (tertiary/aromatic N) is 1. The molecule has 1 amide bonds. The summed E-state index contributed by atoms with van der Waals surface area (Å²) in [4.78, 5) is 40.1. The molecular weight excluding hydrogens is 1070 g/mol. The molecule has 0 fully saturated rings. The molecule has 0 aliphatic rings. The molecule has 9 nitrogen and oxygen atoms in total. The van der Waals surface area contributed by atoms with Crippen molar-refractivity contribution in [3.63, 3.8) is 0 Å². The molecule has 0 aliphatic carbocycles. The van der Waals surface area contributed by atoms with E-state index in [1.165, 1.54) is 57.8 Å². The average Bonchev–Trinajstić information content (AvgIpc) is 3.48. The number of ether oxygens (including phenoxy) is 1. The van der Waals surface area contributed by atoms with E-state index in [0.29, 0.717) is 23.9 Å². The maximum atomic E-state index is 13.6. The van der Waals surface area contributed by atoms with Gasteiger partial charge in [0.05, 0.1) is 33.8 Å². The van der Waals surface area contributed by atoms with E-state index >= 15 is 0 Å². The van der Waals surface area contributed by atoms with Gasteiger partial charge in [-0.25, -0.2) is 0 Å². The van der Waals surface area contributed by atoms with Crippen molar-refractivity contribution in [2.24, 2.45) is 0 Å². The Morgan fingerprint density at radius 1 is 0.424 bits per heavy atom. The summed E-state index contributed by atoms with van der Waals surface area (Å²) in [6.07, 6.45) is 92.2. The molecule has 3 atom stereocenters. The van der Waals surface area contributed by atoms with E-state index in [2.05, 4.69) is 172 Å². The summed E-state index contributed by atoms with van der Waals surface area (Å²) < 4.78 is 30.4. The molecule has 3 unspecified atom stereocenters. The number of hydrogen-bond acceptors (Lipinski definition) is 7. The van der Waals surface area contributed by atoms with Gasteiger partial charge in [-0.1, -0.05) is 263 Å². The smallest absolute Gasteiger partial charge is 0.306 e. The van der Waals surface area contributed by atoms with Crippen molar-refractivity contribution in [1.82, 2.24) is 5.32 Å². The number of nitrogens with one attached hydrogen (secondary N) is 1. The van der Waals surface area contributed by atoms with Crippen molar-refractivity contribution in [2.45, 2.75) is 264 Å². The van der Waals surface area contributed by atoms with Crippen molar-refractivity contribution in [3.05, 3.63) is 158 Å². The topological polar surface area (TPSA) is 114 Å². The van der Waals surface area contributed by atoms with E-state index in [1.807, 2.05) is 33.3 Å². The maximum absolute atomic E-state index is 13.6. The quantitative estimate of drug-likeness (QED) is 0.0212. The Balaban J connectivity index is 5.31. The number of hydrogen-bond donors (Lipinski definition) is 1. The number of carbonyl (C=O) groups is 2. The van der Waals surface area contributed by atoms with Gasteiger partial charge < -0.3 is 28.5 Å². The predicted octanol–water partition coefficient (Wildman–Crippen LogP) is 20.9. The summed E-state index contributed by atoms with van der Waals surface area (Å²) >= 11 is 0. The standard InChI is InChI=1S/C75H125N2O7P/c1-7-10-13-16-19-22-25-28-30-32-34-36-37-38-39-41-43-45-47-50-53-56-59-62-65-68-75(79)84-73(66-63-60-57-54-51-48-27-24-21-18-15-12-9-3)72(71-83-85(80,81)82-70-69-77(4,5)6)76-74(78)67-64-61-58-55-52-49-46-44-42-40-35-33-31-29-26-23-20-17-14-11-8-2/h10-11,13-14,19-20,22-23,28-31,34-36,38-40,43-46,52,55,63,66,72-73H,7-9,12,15-18,21,24-27,32-33,37,41-42,47-51,53-54,56-62,64-65,67-71H2,1-6H3,(H-,76,78,80,81)/b13-10-,14-11-,22-19-,23-20-,30-28-,31-29-,36-34-,39-38-,40-35-,45-43-,46-44-,55-52-,66-63+. The summed E-state index contributed by atoms with van der Waals surface area (Å²) in [6.45, 7) is 6.56. The molecule has 0 aromatic heterocycles. The molecule has 0 aliphatic heterocycles. The van der Waals surface area contributed by atoms with E-state index in [1.54, 1.807) is 0 Å². The Kier molecular flexibility index (Phi) is 59.5. The number of carbonyl (C=O) groups excluding carboxylic acids is 2. The van der Waals surface area contributed by atoms with Gasteiger partial charge in [-0.2, -0.15) is 0 Å². The third-order valence-electron chi connectivity index (χ3n) is 14.0. The average molecular weight is 1200 g/mol. The summed E-state index contributed by atoms with van der Waals surface area (Å²) in [7, 11) is 1.12. The van der Waals surface area contributed by atoms with Gasteiger partial charge in [-0.15, -0.1) is 0 Å². The van der Waals surface area contributed by atoms with Gasteiger partial charge in [-0.05, 0) is 134 Å². The van der Waals surface area contributed by atoms with Crippen molar-refractivity contribution < 1.29 is 37.3 Å². The number of esters is 1. The first-order valence-corrected chi connectivity index (χ1v) is 35.3. The van der Waals surface area contributed by atoms with Crippen LogP contribution in [0.1, 0.15) is 252 Å². The fourth-order valence-corrected chi connectivity index (χ4v) is 9.54. The maximum Gasteiger partial charge on any atom is 0.306 e. The van der Waals surface area contributed by atoms with Crippen LogP contribution in [0.25, 0.3) is 0 Å². The van der Waals surface area contributed by atoms with E-state index in [-0.39, 0.29) is 31.3 Å². The van der Waals surface area contributed by atoms with Crippen LogP contribution < -0.4 is 10.2 Å². The van der Waals surface area contributed by atoms with Gasteiger partial charge in [0.15, 0.2) is 0 Å². The second-order valence-corrected chi connectivity index (χ2v) is 24.6. The minimum atomic E-state index is -4.73. The fraction of sp³-hybridized carbons (Fsp3) is 0.627. The number of rotatable bonds is 59. The van der Waals surface area contributed by atoms with Crippen molar-refractivity contribution in [1.29, 1.82) is 0 Å². The van der Waals surface area contributed by atoms with Crippen LogP contribution in [-0.4, -0.2) is 69.4 Å². The number of amides is 1. The lowest BCUT2D eigenvalue weighted by Crippen LogP contribution is -2.47. The molecule has 0 spiro atoms. The number of unbranched alkanes of at least 4 members (excludes halogenated alkanes) is 19. The first kappa shape index (κ1) is 80.6. The Morgan fingerprint density at radius 2 is 0.753 bits per heavy atom. The van der Waals surface area contributed by atoms with Crippen LogP contribution in [0.5, 0.6) is 0 Å². The van der Waals surface area contributed by atoms with Gasteiger partial charge in [0, 0.05) is 12.8 Å². The normalized spacial score (nSPS) is 14.6. The summed E-state index contributed by atoms with van der Waals surface area (Å²) in [5.41, 5.74) is 0. The Labute approximate surface area is 522 Å². The van der Waals surface area contributed by atoms with Crippen LogP contribution in [0.4, 0.5) is 0 Å². The SMILES string of the molecule is CC/C=C\C/C=C\C/C=C\C/C=C\C/C=C\C/C=C\CCCCCCCCC(=O)OC(/C=C/CCCCCCCCCCCCC)C(COP(=O)([O-])OCC[N+](C)(C)C)NC(=O)CCCC/C=C\C/C=C\C/C=C\C/C=C\C/C=C\C/C=C\CC. The number of phosphoric acid groups is 1. The molecule has 10 heteroatoms. The van der Waals surface area contributed by atoms with Crippen LogP contribution in [0.15, 0.2) is 158 Å². The first-order valence-electron chi connectivity index (χ1n) is 33.8. The number of quaternary nitrogens is 1. The lowest BCUT2D eigenvalue weighted by Gasteiger charge is -2.30. The minimum absolute atomic E-state index is 0.0428. The molecule has 0 aromatic rings. The Morgan fingerprint density at radius 3 is 1.14 bits per heavy atom. The lowest BCUT2D eigenvalue weighted by atomic mass is 10.0. The zero-order chi connectivity index (χ0) is 62.1. The summed E-state index contributed by atoms with van der Waals surface area (Å²) in [5.74, 6) is -0.620. The third-order valence-corrected chi connectivity index (χ3v) is 14.9. The molecule has 0 aromatic carbocycles. The van der Waals surface area contributed by atoms with Crippen LogP contribution in [0.2, 0.25) is 0 Å². The van der Waals surface area contributed by atoms with E-state index < -0.39 is 26.6 Å². The fourth-order valence-electron chi connectivity index (χ4n) is 8.82. The highest BCUT2D eigenvalue weighted by Gasteiger charge is 2.27. The first-order chi connectivity index (χ1) is 41.4. The molecule has 0 saturated carbocycles. The highest BCUT2D eigenvalue weighted by Crippen LogP contribution is 2.38. The third kappa shape index (κ3) is 63.9. The molecule has 1 N–H and O–H groups in total. The summed E-state index contributed by atoms with van der Waals surface area (Å²) in [5, 5.41) is 3.00. The van der Waals surface area contributed by atoms with Gasteiger partial charge in [0.1, 0.15) is 19.3 Å². The van der Waals surface area contributed by atoms with Gasteiger partial charge in [0.2, 0.25) is 5.91 Å². The van der Waals surface area contributed by atoms with Gasteiger partial charge in [-0.3, -0.25) is 14.2 Å². The molecule has 482 valence electrons. The molecule has 0 radical (unpaired) electrons. The minimum Gasteiger partial charge on any atom is -0.756 e. The molecule has 0 heterocycles. The zero-order valence-electron chi connectivity index (χ0n) is 55.0. The van der Waals surface area contributed by atoms with Gasteiger partial charge in [0.25, 0.3) is 7.82 Å². The Hall–Kier alpha value is -4.37. The number of allylic oxidation sites excluding steroid dienone is 25. The molecule has 0 rings (SSSR count). The monoisotopic (exact) mass is 1200 g/mol. The summed E-state index contributed by atoms with van der Waals surface area (Å²) in [6, 6.07) is -0.932. The van der Waals surface area contributed by atoms with Crippen molar-refractivity contribution >= 4 is 19.7 Å². The Bertz CT molecular complexity index is 2010. The molecule has 0 saturated heterocycles.